The predicted octanol–water partition coefficient (Wildman–Crippen LogP) is 0.389. The molecule has 0 unspecified atom stereocenters. The van der Waals surface area contributed by atoms with Gasteiger partial charge < -0.3 is 15.0 Å². The smallest absolute Gasteiger partial charge is 0.0946 e. The lowest BCUT2D eigenvalue weighted by Gasteiger charge is -2.32. The van der Waals surface area contributed by atoms with E-state index in [0.717, 1.165) is 26.0 Å². The van der Waals surface area contributed by atoms with E-state index in [1.54, 1.807) is 12.5 Å². The van der Waals surface area contributed by atoms with Crippen molar-refractivity contribution in [1.29, 1.82) is 0 Å². The maximum atomic E-state index is 5.64. The summed E-state index contributed by atoms with van der Waals surface area (Å²) in [6.45, 7) is 1.64. The molecule has 0 amide bonds. The third kappa shape index (κ3) is 2.29. The lowest BCUT2D eigenvalue weighted by atomic mass is 9.90. The molecular weight excluding hydrogens is 166 g/mol. The van der Waals surface area contributed by atoms with Gasteiger partial charge in [-0.25, -0.2) is 4.98 Å². The van der Waals surface area contributed by atoms with Crippen LogP contribution in [0.1, 0.15) is 12.8 Å². The molecule has 1 saturated carbocycles. The summed E-state index contributed by atoms with van der Waals surface area (Å²) in [7, 11) is 0. The zero-order valence-electron chi connectivity index (χ0n) is 7.60. The summed E-state index contributed by atoms with van der Waals surface area (Å²) in [6, 6.07) is 0.373. The fraction of sp³-hybridized carbons (Fsp3) is 0.667. The highest BCUT2D eigenvalue weighted by Gasteiger charge is 2.26. The molecule has 1 aromatic heterocycles. The van der Waals surface area contributed by atoms with Gasteiger partial charge in [0.15, 0.2) is 0 Å². The van der Waals surface area contributed by atoms with Crippen LogP contribution in [-0.2, 0) is 11.3 Å². The van der Waals surface area contributed by atoms with Gasteiger partial charge in [-0.2, -0.15) is 0 Å². The molecule has 1 aliphatic carbocycles. The molecular formula is C9H15N3O. The van der Waals surface area contributed by atoms with E-state index in [1.165, 1.54) is 0 Å². The third-order valence-corrected chi connectivity index (χ3v) is 2.39. The Morgan fingerprint density at radius 2 is 2.38 bits per heavy atom. The Morgan fingerprint density at radius 3 is 3.00 bits per heavy atom. The maximum absolute atomic E-state index is 5.64. The Bertz CT molecular complexity index is 241. The molecule has 2 N–H and O–H groups in total. The zero-order valence-corrected chi connectivity index (χ0v) is 7.60. The number of imidazole rings is 1. The van der Waals surface area contributed by atoms with Gasteiger partial charge >= 0.3 is 0 Å². The van der Waals surface area contributed by atoms with Gasteiger partial charge in [0, 0.05) is 25.0 Å². The van der Waals surface area contributed by atoms with Crippen LogP contribution in [0.5, 0.6) is 0 Å². The maximum Gasteiger partial charge on any atom is 0.0946 e. The SMILES string of the molecule is NC1CC(OCCn2ccnc2)C1. The molecule has 0 aliphatic heterocycles. The summed E-state index contributed by atoms with van der Waals surface area (Å²) in [5.74, 6) is 0. The van der Waals surface area contributed by atoms with E-state index >= 15 is 0 Å². The van der Waals surface area contributed by atoms with Crippen LogP contribution >= 0.6 is 0 Å². The molecule has 4 nitrogen and oxygen atoms in total. The van der Waals surface area contributed by atoms with Gasteiger partial charge in [0.2, 0.25) is 0 Å². The third-order valence-electron chi connectivity index (χ3n) is 2.39. The Balaban J connectivity index is 1.59. The van der Waals surface area contributed by atoms with Crippen molar-refractivity contribution in [2.75, 3.05) is 6.61 Å². The van der Waals surface area contributed by atoms with E-state index in [-0.39, 0.29) is 0 Å². The van der Waals surface area contributed by atoms with E-state index < -0.39 is 0 Å². The minimum Gasteiger partial charge on any atom is -0.376 e. The molecule has 4 heteroatoms. The van der Waals surface area contributed by atoms with Gasteiger partial charge in [-0.15, -0.1) is 0 Å². The van der Waals surface area contributed by atoms with E-state index in [2.05, 4.69) is 4.98 Å². The summed E-state index contributed by atoms with van der Waals surface area (Å²) < 4.78 is 7.61. The molecule has 1 fully saturated rings. The standard InChI is InChI=1S/C9H15N3O/c10-8-5-9(6-8)13-4-3-12-2-1-11-7-12/h1-2,7-9H,3-6,10H2. The van der Waals surface area contributed by atoms with Crippen LogP contribution in [0, 0.1) is 0 Å². The van der Waals surface area contributed by atoms with Gasteiger partial charge in [-0.05, 0) is 12.8 Å². The minimum absolute atomic E-state index is 0.373. The van der Waals surface area contributed by atoms with Crippen molar-refractivity contribution in [2.45, 2.75) is 31.5 Å². The van der Waals surface area contributed by atoms with E-state index in [4.69, 9.17) is 10.5 Å². The Labute approximate surface area is 77.7 Å². The van der Waals surface area contributed by atoms with Crippen LogP contribution in [0.25, 0.3) is 0 Å². The lowest BCUT2D eigenvalue weighted by Crippen LogP contribution is -2.42. The molecule has 13 heavy (non-hydrogen) atoms. The normalized spacial score (nSPS) is 27.2. The first-order valence-corrected chi connectivity index (χ1v) is 4.67. The summed E-state index contributed by atoms with van der Waals surface area (Å²) in [4.78, 5) is 3.95. The van der Waals surface area contributed by atoms with E-state index in [0.29, 0.717) is 12.1 Å². The quantitative estimate of drug-likeness (QED) is 0.731. The number of rotatable bonds is 4. The molecule has 1 aliphatic rings. The molecule has 0 saturated heterocycles. The summed E-state index contributed by atoms with van der Waals surface area (Å²) in [5.41, 5.74) is 5.64. The van der Waals surface area contributed by atoms with E-state index in [9.17, 15) is 0 Å². The van der Waals surface area contributed by atoms with Gasteiger partial charge in [0.05, 0.1) is 19.0 Å². The second kappa shape index (κ2) is 3.89. The average molecular weight is 181 g/mol. The average Bonchev–Trinajstić information content (AvgIpc) is 2.53. The van der Waals surface area contributed by atoms with Crippen LogP contribution in [-0.4, -0.2) is 28.3 Å². The van der Waals surface area contributed by atoms with Crippen molar-refractivity contribution in [3.63, 3.8) is 0 Å². The van der Waals surface area contributed by atoms with Gasteiger partial charge in [0.1, 0.15) is 0 Å². The van der Waals surface area contributed by atoms with Gasteiger partial charge in [-0.3, -0.25) is 0 Å². The zero-order chi connectivity index (χ0) is 9.10. The second-order valence-corrected chi connectivity index (χ2v) is 3.52. The first-order chi connectivity index (χ1) is 6.34. The van der Waals surface area contributed by atoms with Gasteiger partial charge in [-0.1, -0.05) is 0 Å². The molecule has 0 radical (unpaired) electrons. The molecule has 72 valence electrons. The number of nitrogens with zero attached hydrogens (tertiary/aromatic N) is 2. The summed E-state index contributed by atoms with van der Waals surface area (Å²) in [5, 5.41) is 0. The number of aromatic nitrogens is 2. The van der Waals surface area contributed by atoms with E-state index in [1.807, 2.05) is 10.8 Å². The topological polar surface area (TPSA) is 53.1 Å². The Morgan fingerprint density at radius 1 is 1.54 bits per heavy atom. The van der Waals surface area contributed by atoms with Crippen LogP contribution in [0.4, 0.5) is 0 Å². The molecule has 2 rings (SSSR count). The molecule has 0 aromatic carbocycles. The molecule has 1 aromatic rings. The fourth-order valence-corrected chi connectivity index (χ4v) is 1.49. The fourth-order valence-electron chi connectivity index (χ4n) is 1.49. The van der Waals surface area contributed by atoms with Crippen LogP contribution in [0.2, 0.25) is 0 Å². The predicted molar refractivity (Wildman–Crippen MR) is 49.2 cm³/mol. The molecule has 0 bridgehead atoms. The Kier molecular flexibility index (Phi) is 2.61. The highest BCUT2D eigenvalue weighted by Crippen LogP contribution is 2.20. The highest BCUT2D eigenvalue weighted by molar-refractivity contribution is 4.83. The Hall–Kier alpha value is -0.870. The highest BCUT2D eigenvalue weighted by atomic mass is 16.5. The largest absolute Gasteiger partial charge is 0.376 e. The summed E-state index contributed by atoms with van der Waals surface area (Å²) >= 11 is 0. The van der Waals surface area contributed by atoms with Crippen molar-refractivity contribution in [1.82, 2.24) is 9.55 Å². The number of hydrogen-bond donors (Lipinski definition) is 1. The lowest BCUT2D eigenvalue weighted by molar-refractivity contribution is -0.0117. The van der Waals surface area contributed by atoms with Crippen LogP contribution < -0.4 is 5.73 Å². The number of nitrogens with two attached hydrogens (primary N) is 1. The summed E-state index contributed by atoms with van der Waals surface area (Å²) in [6.07, 6.45) is 7.96. The first kappa shape index (κ1) is 8.72. The monoisotopic (exact) mass is 181 g/mol. The van der Waals surface area contributed by atoms with Gasteiger partial charge in [0.25, 0.3) is 0 Å². The first-order valence-electron chi connectivity index (χ1n) is 4.67. The van der Waals surface area contributed by atoms with Crippen LogP contribution in [0.3, 0.4) is 0 Å². The second-order valence-electron chi connectivity index (χ2n) is 3.52. The molecule has 0 atom stereocenters. The molecule has 1 heterocycles. The minimum atomic E-state index is 0.373. The van der Waals surface area contributed by atoms with Crippen molar-refractivity contribution in [2.24, 2.45) is 5.73 Å². The van der Waals surface area contributed by atoms with Crippen LogP contribution in [0.15, 0.2) is 18.7 Å². The number of hydrogen-bond acceptors (Lipinski definition) is 3. The van der Waals surface area contributed by atoms with Crippen molar-refractivity contribution in [3.05, 3.63) is 18.7 Å². The van der Waals surface area contributed by atoms with Crippen molar-refractivity contribution in [3.8, 4) is 0 Å². The molecule has 0 spiro atoms. The van der Waals surface area contributed by atoms with Crippen molar-refractivity contribution < 1.29 is 4.74 Å². The number of ether oxygens (including phenoxy) is 1. The van der Waals surface area contributed by atoms with Crippen molar-refractivity contribution >= 4 is 0 Å².